The first-order valence-electron chi connectivity index (χ1n) is 6.98. The van der Waals surface area contributed by atoms with E-state index in [0.717, 1.165) is 12.8 Å². The molecule has 0 aliphatic rings. The molecule has 0 atom stereocenters. The van der Waals surface area contributed by atoms with Crippen LogP contribution < -0.4 is 15.8 Å². The van der Waals surface area contributed by atoms with Crippen molar-refractivity contribution < 1.29 is 14.3 Å². The van der Waals surface area contributed by atoms with E-state index in [0.29, 0.717) is 23.7 Å². The second-order valence-corrected chi connectivity index (χ2v) is 4.62. The normalized spacial score (nSPS) is 10.3. The molecule has 0 bridgehead atoms. The Morgan fingerprint density at radius 1 is 1.30 bits per heavy atom. The lowest BCUT2D eigenvalue weighted by atomic mass is 10.2. The Labute approximate surface area is 120 Å². The van der Waals surface area contributed by atoms with Crippen LogP contribution in [0, 0.1) is 0 Å². The van der Waals surface area contributed by atoms with Crippen LogP contribution in [0.5, 0.6) is 5.75 Å². The van der Waals surface area contributed by atoms with Gasteiger partial charge < -0.3 is 20.5 Å². The predicted molar refractivity (Wildman–Crippen MR) is 81.0 cm³/mol. The molecule has 1 amide bonds. The molecule has 0 saturated carbocycles. The minimum Gasteiger partial charge on any atom is -0.495 e. The fraction of sp³-hybridized carbons (Fsp3) is 0.533. The molecule has 20 heavy (non-hydrogen) atoms. The van der Waals surface area contributed by atoms with Crippen LogP contribution in [-0.2, 0) is 9.53 Å². The number of benzene rings is 1. The van der Waals surface area contributed by atoms with Gasteiger partial charge in [-0.3, -0.25) is 4.79 Å². The SMILES string of the molecule is CCCCCCOCC(=O)Nc1cc(N)ccc1OC. The van der Waals surface area contributed by atoms with E-state index < -0.39 is 0 Å². The number of hydrogen-bond donors (Lipinski definition) is 2. The van der Waals surface area contributed by atoms with Gasteiger partial charge in [0.15, 0.2) is 0 Å². The molecule has 0 fully saturated rings. The zero-order chi connectivity index (χ0) is 14.8. The van der Waals surface area contributed by atoms with Crippen LogP contribution in [0.15, 0.2) is 18.2 Å². The van der Waals surface area contributed by atoms with E-state index in [1.54, 1.807) is 25.3 Å². The number of nitrogens with one attached hydrogen (secondary N) is 1. The number of amides is 1. The van der Waals surface area contributed by atoms with E-state index >= 15 is 0 Å². The summed E-state index contributed by atoms with van der Waals surface area (Å²) in [5, 5.41) is 2.74. The maximum absolute atomic E-state index is 11.7. The first kappa shape index (κ1) is 16.3. The van der Waals surface area contributed by atoms with E-state index in [9.17, 15) is 4.79 Å². The number of carbonyl (C=O) groups is 1. The Morgan fingerprint density at radius 3 is 2.80 bits per heavy atom. The standard InChI is InChI=1S/C15H24N2O3/c1-3-4-5-6-9-20-11-15(18)17-13-10-12(16)7-8-14(13)19-2/h7-8,10H,3-6,9,11,16H2,1-2H3,(H,17,18). The molecule has 0 radical (unpaired) electrons. The van der Waals surface area contributed by atoms with Crippen LogP contribution in [0.25, 0.3) is 0 Å². The number of rotatable bonds is 9. The lowest BCUT2D eigenvalue weighted by Gasteiger charge is -2.11. The summed E-state index contributed by atoms with van der Waals surface area (Å²) in [6.45, 7) is 2.82. The second kappa shape index (κ2) is 9.20. The molecule has 5 nitrogen and oxygen atoms in total. The monoisotopic (exact) mass is 280 g/mol. The third kappa shape index (κ3) is 5.93. The van der Waals surface area contributed by atoms with Gasteiger partial charge in [-0.1, -0.05) is 26.2 Å². The van der Waals surface area contributed by atoms with Crippen LogP contribution in [0.1, 0.15) is 32.6 Å². The van der Waals surface area contributed by atoms with Crippen LogP contribution in [0.4, 0.5) is 11.4 Å². The van der Waals surface area contributed by atoms with E-state index in [1.807, 2.05) is 0 Å². The van der Waals surface area contributed by atoms with Crippen molar-refractivity contribution in [1.29, 1.82) is 0 Å². The third-order valence-corrected chi connectivity index (χ3v) is 2.87. The van der Waals surface area contributed by atoms with Gasteiger partial charge in [0.2, 0.25) is 5.91 Å². The van der Waals surface area contributed by atoms with Gasteiger partial charge in [0, 0.05) is 12.3 Å². The van der Waals surface area contributed by atoms with Gasteiger partial charge in [0.25, 0.3) is 0 Å². The number of hydrogen-bond acceptors (Lipinski definition) is 4. The van der Waals surface area contributed by atoms with Crippen molar-refractivity contribution in [1.82, 2.24) is 0 Å². The molecule has 1 aromatic rings. The summed E-state index contributed by atoms with van der Waals surface area (Å²) < 4.78 is 10.5. The van der Waals surface area contributed by atoms with Crippen molar-refractivity contribution in [2.45, 2.75) is 32.6 Å². The maximum Gasteiger partial charge on any atom is 0.250 e. The van der Waals surface area contributed by atoms with E-state index in [4.69, 9.17) is 15.2 Å². The van der Waals surface area contributed by atoms with Gasteiger partial charge in [0.1, 0.15) is 12.4 Å². The fourth-order valence-electron chi connectivity index (χ4n) is 1.81. The summed E-state index contributed by atoms with van der Waals surface area (Å²) in [7, 11) is 1.55. The van der Waals surface area contributed by atoms with Crippen molar-refractivity contribution in [3.63, 3.8) is 0 Å². The molecule has 1 rings (SSSR count). The number of nitrogens with two attached hydrogens (primary N) is 1. The van der Waals surface area contributed by atoms with Gasteiger partial charge in [0.05, 0.1) is 12.8 Å². The number of unbranched alkanes of at least 4 members (excludes halogenated alkanes) is 3. The second-order valence-electron chi connectivity index (χ2n) is 4.62. The zero-order valence-electron chi connectivity index (χ0n) is 12.3. The summed E-state index contributed by atoms with van der Waals surface area (Å²) in [4.78, 5) is 11.7. The Hall–Kier alpha value is -1.75. The molecule has 0 heterocycles. The van der Waals surface area contributed by atoms with Crippen molar-refractivity contribution in [3.8, 4) is 5.75 Å². The number of methoxy groups -OCH3 is 1. The Balaban J connectivity index is 2.33. The fourth-order valence-corrected chi connectivity index (χ4v) is 1.81. The third-order valence-electron chi connectivity index (χ3n) is 2.87. The molecule has 3 N–H and O–H groups in total. The molecule has 1 aromatic carbocycles. The largest absolute Gasteiger partial charge is 0.495 e. The van der Waals surface area contributed by atoms with E-state index in [-0.39, 0.29) is 12.5 Å². The van der Waals surface area contributed by atoms with Crippen LogP contribution in [-0.4, -0.2) is 26.2 Å². The molecule has 112 valence electrons. The summed E-state index contributed by atoms with van der Waals surface area (Å²) in [5.74, 6) is 0.375. The summed E-state index contributed by atoms with van der Waals surface area (Å²) >= 11 is 0. The quantitative estimate of drug-likeness (QED) is 0.539. The summed E-state index contributed by atoms with van der Waals surface area (Å²) in [6, 6.07) is 5.10. The first-order chi connectivity index (χ1) is 9.67. The van der Waals surface area contributed by atoms with Gasteiger partial charge in [-0.15, -0.1) is 0 Å². The lowest BCUT2D eigenvalue weighted by Crippen LogP contribution is -2.19. The van der Waals surface area contributed by atoms with Crippen LogP contribution in [0.3, 0.4) is 0 Å². The van der Waals surface area contributed by atoms with Crippen LogP contribution in [0.2, 0.25) is 0 Å². The molecule has 0 aromatic heterocycles. The summed E-state index contributed by atoms with van der Waals surface area (Å²) in [5.41, 5.74) is 6.82. The molecule has 5 heteroatoms. The van der Waals surface area contributed by atoms with Gasteiger partial charge in [-0.05, 0) is 24.6 Å². The molecule has 0 aliphatic carbocycles. The van der Waals surface area contributed by atoms with E-state index in [1.165, 1.54) is 12.8 Å². The minimum atomic E-state index is -0.204. The Bertz CT molecular complexity index is 422. The van der Waals surface area contributed by atoms with E-state index in [2.05, 4.69) is 12.2 Å². The average molecular weight is 280 g/mol. The Morgan fingerprint density at radius 2 is 2.10 bits per heavy atom. The number of nitrogen functional groups attached to an aromatic ring is 1. The highest BCUT2D eigenvalue weighted by Crippen LogP contribution is 2.26. The first-order valence-corrected chi connectivity index (χ1v) is 6.98. The Kier molecular flexibility index (Phi) is 7.50. The highest BCUT2D eigenvalue weighted by molar-refractivity contribution is 5.93. The van der Waals surface area contributed by atoms with Crippen molar-refractivity contribution in [3.05, 3.63) is 18.2 Å². The zero-order valence-corrected chi connectivity index (χ0v) is 12.3. The van der Waals surface area contributed by atoms with Gasteiger partial charge in [-0.25, -0.2) is 0 Å². The molecule has 0 saturated heterocycles. The van der Waals surface area contributed by atoms with Gasteiger partial charge >= 0.3 is 0 Å². The van der Waals surface area contributed by atoms with Gasteiger partial charge in [-0.2, -0.15) is 0 Å². The highest BCUT2D eigenvalue weighted by atomic mass is 16.5. The minimum absolute atomic E-state index is 0.0457. The smallest absolute Gasteiger partial charge is 0.250 e. The lowest BCUT2D eigenvalue weighted by molar-refractivity contribution is -0.120. The maximum atomic E-state index is 11.7. The molecule has 0 unspecified atom stereocenters. The topological polar surface area (TPSA) is 73.6 Å². The molecule has 0 aliphatic heterocycles. The summed E-state index contributed by atoms with van der Waals surface area (Å²) in [6.07, 6.45) is 4.52. The number of carbonyl (C=O) groups excluding carboxylic acids is 1. The van der Waals surface area contributed by atoms with Crippen molar-refractivity contribution in [2.24, 2.45) is 0 Å². The van der Waals surface area contributed by atoms with Crippen molar-refractivity contribution in [2.75, 3.05) is 31.4 Å². The average Bonchev–Trinajstić information content (AvgIpc) is 2.43. The predicted octanol–water partition coefficient (Wildman–Crippen LogP) is 2.81. The number of anilines is 2. The number of ether oxygens (including phenoxy) is 2. The van der Waals surface area contributed by atoms with Crippen LogP contribution >= 0.6 is 0 Å². The molecular formula is C15H24N2O3. The molecule has 0 spiro atoms. The molecular weight excluding hydrogens is 256 g/mol. The highest BCUT2D eigenvalue weighted by Gasteiger charge is 2.08. The van der Waals surface area contributed by atoms with Crippen molar-refractivity contribution >= 4 is 17.3 Å².